The quantitative estimate of drug-likeness (QED) is 0.396. The predicted octanol–water partition coefficient (Wildman–Crippen LogP) is 1.24. The molecule has 12 heavy (non-hydrogen) atoms. The molecular formula is C7H8N2O3. The van der Waals surface area contributed by atoms with E-state index in [2.05, 4.69) is 5.28 Å². The Kier molecular flexibility index (Phi) is 2.47. The summed E-state index contributed by atoms with van der Waals surface area (Å²) in [6.45, 7) is -0.0310. The minimum atomic E-state index is -0.0310. The number of hydrogen-bond acceptors (Lipinski definition) is 3. The van der Waals surface area contributed by atoms with E-state index in [1.807, 2.05) is 0 Å². The highest BCUT2D eigenvalue weighted by molar-refractivity contribution is 5.25. The fraction of sp³-hybridized carbons (Fsp3) is 0.143. The third kappa shape index (κ3) is 2.12. The second kappa shape index (κ2) is 3.56. The summed E-state index contributed by atoms with van der Waals surface area (Å²) < 4.78 is 0. The van der Waals surface area contributed by atoms with Crippen LogP contribution in [0.25, 0.3) is 0 Å². The Morgan fingerprint density at radius 3 is 2.42 bits per heavy atom. The molecule has 5 nitrogen and oxygen atoms in total. The van der Waals surface area contributed by atoms with Gasteiger partial charge in [0.15, 0.2) is 5.28 Å². The highest BCUT2D eigenvalue weighted by atomic mass is 16.6. The van der Waals surface area contributed by atoms with Gasteiger partial charge in [0.25, 0.3) is 0 Å². The molecule has 0 aliphatic heterocycles. The first-order chi connectivity index (χ1) is 5.72. The summed E-state index contributed by atoms with van der Waals surface area (Å²) >= 11 is 0. The molecule has 64 valence electrons. The highest BCUT2D eigenvalue weighted by Crippen LogP contribution is 2.09. The SMILES string of the molecule is [O-]/[N+](Cc1ccc(O)cc1)=N\O. The van der Waals surface area contributed by atoms with E-state index in [1.54, 1.807) is 12.1 Å². The van der Waals surface area contributed by atoms with Crippen LogP contribution in [0.2, 0.25) is 0 Å². The van der Waals surface area contributed by atoms with Gasteiger partial charge in [-0.05, 0) is 24.3 Å². The molecule has 0 bridgehead atoms. The van der Waals surface area contributed by atoms with Gasteiger partial charge >= 0.3 is 0 Å². The van der Waals surface area contributed by atoms with E-state index >= 15 is 0 Å². The molecule has 2 N–H and O–H groups in total. The van der Waals surface area contributed by atoms with Crippen LogP contribution in [0, 0.1) is 5.21 Å². The van der Waals surface area contributed by atoms with E-state index in [1.165, 1.54) is 12.1 Å². The van der Waals surface area contributed by atoms with E-state index in [9.17, 15) is 5.21 Å². The molecule has 0 fully saturated rings. The molecule has 0 radical (unpaired) electrons. The van der Waals surface area contributed by atoms with Gasteiger partial charge in [-0.15, -0.1) is 0 Å². The average molecular weight is 168 g/mol. The summed E-state index contributed by atoms with van der Waals surface area (Å²) in [6, 6.07) is 6.07. The van der Waals surface area contributed by atoms with Crippen molar-refractivity contribution in [1.29, 1.82) is 0 Å². The fourth-order valence-corrected chi connectivity index (χ4v) is 0.789. The molecule has 0 saturated heterocycles. The molecule has 0 saturated carbocycles. The monoisotopic (exact) mass is 168 g/mol. The molecule has 0 atom stereocenters. The lowest BCUT2D eigenvalue weighted by molar-refractivity contribution is -0.570. The minimum absolute atomic E-state index is 0.0310. The Bertz CT molecular complexity index is 281. The number of benzene rings is 1. The van der Waals surface area contributed by atoms with Crippen LogP contribution < -0.4 is 0 Å². The third-order valence-electron chi connectivity index (χ3n) is 1.35. The molecular weight excluding hydrogens is 160 g/mol. The van der Waals surface area contributed by atoms with Crippen molar-refractivity contribution in [3.8, 4) is 5.75 Å². The topological polar surface area (TPSA) is 78.9 Å². The Balaban J connectivity index is 2.71. The summed E-state index contributed by atoms with van der Waals surface area (Å²) in [6.07, 6.45) is 0. The minimum Gasteiger partial charge on any atom is -0.597 e. The van der Waals surface area contributed by atoms with Crippen LogP contribution in [0.3, 0.4) is 0 Å². The van der Waals surface area contributed by atoms with Crippen molar-refractivity contribution in [2.24, 2.45) is 5.28 Å². The maximum atomic E-state index is 10.5. The van der Waals surface area contributed by atoms with Crippen LogP contribution in [0.1, 0.15) is 5.56 Å². The molecule has 1 rings (SSSR count). The van der Waals surface area contributed by atoms with Crippen molar-refractivity contribution in [2.75, 3.05) is 0 Å². The van der Waals surface area contributed by atoms with Gasteiger partial charge in [-0.25, -0.2) is 0 Å². The van der Waals surface area contributed by atoms with Crippen molar-refractivity contribution in [2.45, 2.75) is 6.54 Å². The molecule has 0 aromatic heterocycles. The Labute approximate surface area is 68.7 Å². The second-order valence-electron chi connectivity index (χ2n) is 2.27. The van der Waals surface area contributed by atoms with Gasteiger partial charge in [0.1, 0.15) is 5.75 Å². The van der Waals surface area contributed by atoms with Crippen LogP contribution >= 0.6 is 0 Å². The van der Waals surface area contributed by atoms with E-state index < -0.39 is 0 Å². The van der Waals surface area contributed by atoms with E-state index in [0.29, 0.717) is 5.56 Å². The molecule has 1 aromatic rings. The molecule has 0 amide bonds. The molecule has 0 aliphatic carbocycles. The molecule has 0 unspecified atom stereocenters. The van der Waals surface area contributed by atoms with Crippen molar-refractivity contribution in [3.05, 3.63) is 35.0 Å². The lowest BCUT2D eigenvalue weighted by atomic mass is 10.2. The van der Waals surface area contributed by atoms with Crippen LogP contribution in [0.15, 0.2) is 29.5 Å². The number of aromatic hydroxyl groups is 1. The van der Waals surface area contributed by atoms with Gasteiger partial charge in [0, 0.05) is 5.56 Å². The highest BCUT2D eigenvalue weighted by Gasteiger charge is 1.99. The summed E-state index contributed by atoms with van der Waals surface area (Å²) in [4.78, 5) is 0.145. The first-order valence-corrected chi connectivity index (χ1v) is 3.30. The maximum absolute atomic E-state index is 10.5. The van der Waals surface area contributed by atoms with E-state index in [-0.39, 0.29) is 17.2 Å². The Morgan fingerprint density at radius 1 is 1.33 bits per heavy atom. The standard InChI is InChI=1S/C7H8N2O3/c10-7-3-1-6(2-4-7)5-9(12)8-11/h1-4,10-11H,5H2/b9-8-. The summed E-state index contributed by atoms with van der Waals surface area (Å²) in [5.41, 5.74) is 0.667. The average Bonchev–Trinajstić information content (AvgIpc) is 2.09. The predicted molar refractivity (Wildman–Crippen MR) is 39.7 cm³/mol. The van der Waals surface area contributed by atoms with Crippen LogP contribution in [0.4, 0.5) is 0 Å². The van der Waals surface area contributed by atoms with Gasteiger partial charge in [-0.2, -0.15) is 0 Å². The zero-order valence-corrected chi connectivity index (χ0v) is 6.21. The maximum Gasteiger partial charge on any atom is 0.209 e. The van der Waals surface area contributed by atoms with Crippen LogP contribution in [0.5, 0.6) is 5.75 Å². The van der Waals surface area contributed by atoms with Gasteiger partial charge in [-0.1, -0.05) is 4.86 Å². The normalized spacial score (nSPS) is 11.5. The van der Waals surface area contributed by atoms with Crippen molar-refractivity contribution in [3.63, 3.8) is 0 Å². The zero-order valence-electron chi connectivity index (χ0n) is 6.21. The van der Waals surface area contributed by atoms with Gasteiger partial charge < -0.3 is 15.5 Å². The second-order valence-corrected chi connectivity index (χ2v) is 2.27. The van der Waals surface area contributed by atoms with Crippen molar-refractivity contribution < 1.29 is 15.2 Å². The van der Waals surface area contributed by atoms with Crippen molar-refractivity contribution >= 4 is 0 Å². The van der Waals surface area contributed by atoms with Gasteiger partial charge in [0.05, 0.1) is 0 Å². The molecule has 0 spiro atoms. The van der Waals surface area contributed by atoms with E-state index in [4.69, 9.17) is 10.3 Å². The van der Waals surface area contributed by atoms with E-state index in [0.717, 1.165) is 0 Å². The molecule has 0 aliphatic rings. The number of phenols is 1. The number of nitrogens with zero attached hydrogens (tertiary/aromatic N) is 2. The first-order valence-electron chi connectivity index (χ1n) is 3.30. The van der Waals surface area contributed by atoms with Gasteiger partial charge in [-0.3, -0.25) is 0 Å². The zero-order chi connectivity index (χ0) is 8.97. The largest absolute Gasteiger partial charge is 0.597 e. The fourth-order valence-electron chi connectivity index (χ4n) is 0.789. The van der Waals surface area contributed by atoms with Crippen molar-refractivity contribution in [1.82, 2.24) is 0 Å². The number of rotatable bonds is 2. The lowest BCUT2D eigenvalue weighted by Crippen LogP contribution is -1.99. The van der Waals surface area contributed by atoms with Crippen LogP contribution in [-0.4, -0.2) is 15.2 Å². The summed E-state index contributed by atoms with van der Waals surface area (Å²) in [5, 5.41) is 29.8. The third-order valence-corrected chi connectivity index (χ3v) is 1.35. The number of hydrogen-bond donors (Lipinski definition) is 2. The molecule has 1 aromatic carbocycles. The van der Waals surface area contributed by atoms with Gasteiger partial charge in [0.2, 0.25) is 6.54 Å². The number of hydroxylamine groups is 1. The summed E-state index contributed by atoms with van der Waals surface area (Å²) in [5.74, 6) is 0.136. The Hall–Kier alpha value is -1.78. The summed E-state index contributed by atoms with van der Waals surface area (Å²) in [7, 11) is 0. The van der Waals surface area contributed by atoms with Crippen LogP contribution in [-0.2, 0) is 6.54 Å². The first kappa shape index (κ1) is 8.32. The number of phenolic OH excluding ortho intramolecular Hbond substituents is 1. The molecule has 5 heteroatoms. The smallest absolute Gasteiger partial charge is 0.209 e. The molecule has 0 heterocycles. The lowest BCUT2D eigenvalue weighted by Gasteiger charge is -1.98. The Morgan fingerprint density at radius 2 is 1.92 bits per heavy atom.